The van der Waals surface area contributed by atoms with Crippen molar-refractivity contribution in [2.45, 2.75) is 284 Å². The van der Waals surface area contributed by atoms with Crippen LogP contribution in [-0.4, -0.2) is 37.2 Å². The summed E-state index contributed by atoms with van der Waals surface area (Å²) >= 11 is 0. The second-order valence-corrected chi connectivity index (χ2v) is 19.5. The maximum Gasteiger partial charge on any atom is 0.306 e. The van der Waals surface area contributed by atoms with Gasteiger partial charge in [0.15, 0.2) is 6.10 Å². The summed E-state index contributed by atoms with van der Waals surface area (Å²) < 4.78 is 16.9. The van der Waals surface area contributed by atoms with Crippen molar-refractivity contribution >= 4 is 17.9 Å². The molecule has 0 saturated carbocycles. The van der Waals surface area contributed by atoms with Crippen molar-refractivity contribution in [1.82, 2.24) is 0 Å². The zero-order valence-corrected chi connectivity index (χ0v) is 46.5. The predicted octanol–water partition coefficient (Wildman–Crippen LogP) is 20.1. The van der Waals surface area contributed by atoms with Crippen molar-refractivity contribution in [3.8, 4) is 0 Å². The molecular formula is C65H110O6. The van der Waals surface area contributed by atoms with Gasteiger partial charge in [0.1, 0.15) is 13.2 Å². The lowest BCUT2D eigenvalue weighted by Crippen LogP contribution is -2.30. The lowest BCUT2D eigenvalue weighted by molar-refractivity contribution is -0.167. The topological polar surface area (TPSA) is 78.9 Å². The molecule has 0 aromatic carbocycles. The van der Waals surface area contributed by atoms with E-state index in [1.165, 1.54) is 109 Å². The molecule has 0 spiro atoms. The van der Waals surface area contributed by atoms with E-state index in [1.807, 2.05) is 0 Å². The van der Waals surface area contributed by atoms with Crippen LogP contribution in [0.1, 0.15) is 278 Å². The molecule has 0 fully saturated rings. The third-order valence-corrected chi connectivity index (χ3v) is 12.5. The Bertz CT molecular complexity index is 1410. The molecule has 71 heavy (non-hydrogen) atoms. The van der Waals surface area contributed by atoms with E-state index in [0.29, 0.717) is 19.3 Å². The van der Waals surface area contributed by atoms with Crippen molar-refractivity contribution in [3.63, 3.8) is 0 Å². The van der Waals surface area contributed by atoms with Gasteiger partial charge in [-0.25, -0.2) is 0 Å². The molecule has 1 unspecified atom stereocenters. The average Bonchev–Trinajstić information content (AvgIpc) is 3.37. The monoisotopic (exact) mass is 987 g/mol. The Morgan fingerprint density at radius 3 is 0.873 bits per heavy atom. The SMILES string of the molecule is CC/C=C\C/C=C\C/C=C\C/C=C\C/C=C\C/C=C\CCCCCCCCC(=O)OCC(COC(=O)CCCCCCC/C=C\CCCCCCC)OC(=O)CCCCCCC/C=C\CCCCCCC. The second kappa shape index (κ2) is 58.9. The van der Waals surface area contributed by atoms with Crippen LogP contribution < -0.4 is 0 Å². The van der Waals surface area contributed by atoms with E-state index in [4.69, 9.17) is 14.2 Å². The van der Waals surface area contributed by atoms with E-state index in [-0.39, 0.29) is 31.1 Å². The molecule has 0 heterocycles. The molecule has 6 heteroatoms. The number of rotatable bonds is 53. The standard InChI is InChI=1S/C65H110O6/c1-4-7-10-13-16-19-22-25-28-29-30-31-32-33-34-35-36-37-38-41-43-46-49-52-55-58-64(67)70-61-62(71-65(68)59-56-53-50-47-44-40-27-24-21-18-15-12-9-6-3)60-69-63(66)57-54-51-48-45-42-39-26-23-20-17-14-11-8-5-2/h7,10,16,19,23-28,30-31,33-34,36-37,62H,4-6,8-9,11-15,17-18,20-22,29,32,35,38-61H2,1-3H3/b10-7-,19-16-,26-23-,27-24-,28-25-,31-30-,34-33-,37-36-. The number of unbranched alkanes of at least 4 members (excludes halogenated alkanes) is 26. The summed E-state index contributed by atoms with van der Waals surface area (Å²) in [6, 6.07) is 0. The largest absolute Gasteiger partial charge is 0.462 e. The minimum Gasteiger partial charge on any atom is -0.462 e. The molecular weight excluding hydrogens is 877 g/mol. The molecule has 0 amide bonds. The van der Waals surface area contributed by atoms with Crippen molar-refractivity contribution in [1.29, 1.82) is 0 Å². The number of hydrogen-bond acceptors (Lipinski definition) is 6. The number of ether oxygens (including phenoxy) is 3. The molecule has 0 aliphatic carbocycles. The smallest absolute Gasteiger partial charge is 0.306 e. The van der Waals surface area contributed by atoms with Crippen LogP contribution in [0.15, 0.2) is 97.2 Å². The van der Waals surface area contributed by atoms with E-state index in [1.54, 1.807) is 0 Å². The number of carbonyl (C=O) groups excluding carboxylic acids is 3. The van der Waals surface area contributed by atoms with Crippen molar-refractivity contribution in [2.24, 2.45) is 0 Å². The second-order valence-electron chi connectivity index (χ2n) is 19.5. The zero-order valence-electron chi connectivity index (χ0n) is 46.5. The molecule has 1 atom stereocenters. The number of carbonyl (C=O) groups is 3. The first-order valence-electron chi connectivity index (χ1n) is 29.7. The normalized spacial score (nSPS) is 12.8. The molecule has 0 radical (unpaired) electrons. The third kappa shape index (κ3) is 57.1. The van der Waals surface area contributed by atoms with E-state index >= 15 is 0 Å². The summed E-state index contributed by atoms with van der Waals surface area (Å²) in [6.07, 6.45) is 78.2. The first kappa shape index (κ1) is 67.3. The van der Waals surface area contributed by atoms with Crippen LogP contribution in [0.3, 0.4) is 0 Å². The van der Waals surface area contributed by atoms with Gasteiger partial charge < -0.3 is 14.2 Å². The molecule has 0 aliphatic heterocycles. The van der Waals surface area contributed by atoms with Gasteiger partial charge in [-0.2, -0.15) is 0 Å². The van der Waals surface area contributed by atoms with E-state index in [9.17, 15) is 14.4 Å². The fourth-order valence-corrected chi connectivity index (χ4v) is 8.08. The summed E-state index contributed by atoms with van der Waals surface area (Å²) in [7, 11) is 0. The first-order valence-corrected chi connectivity index (χ1v) is 29.7. The highest BCUT2D eigenvalue weighted by molar-refractivity contribution is 5.71. The van der Waals surface area contributed by atoms with Crippen LogP contribution in [0.2, 0.25) is 0 Å². The van der Waals surface area contributed by atoms with Crippen molar-refractivity contribution < 1.29 is 28.6 Å². The Morgan fingerprint density at radius 2 is 0.549 bits per heavy atom. The van der Waals surface area contributed by atoms with Gasteiger partial charge in [0, 0.05) is 19.3 Å². The Hall–Kier alpha value is -3.67. The molecule has 0 N–H and O–H groups in total. The van der Waals surface area contributed by atoms with Gasteiger partial charge in [0.25, 0.3) is 0 Å². The summed E-state index contributed by atoms with van der Waals surface area (Å²) in [5, 5.41) is 0. The lowest BCUT2D eigenvalue weighted by Gasteiger charge is -2.18. The van der Waals surface area contributed by atoms with Crippen LogP contribution in [-0.2, 0) is 28.6 Å². The molecule has 0 bridgehead atoms. The van der Waals surface area contributed by atoms with Crippen molar-refractivity contribution in [3.05, 3.63) is 97.2 Å². The van der Waals surface area contributed by atoms with Crippen LogP contribution in [0.25, 0.3) is 0 Å². The summed E-state index contributed by atoms with van der Waals surface area (Å²) in [4.78, 5) is 38.2. The van der Waals surface area contributed by atoms with Gasteiger partial charge in [0.05, 0.1) is 0 Å². The molecule has 6 nitrogen and oxygen atoms in total. The van der Waals surface area contributed by atoms with Crippen molar-refractivity contribution in [2.75, 3.05) is 13.2 Å². The molecule has 0 rings (SSSR count). The highest BCUT2D eigenvalue weighted by atomic mass is 16.6. The summed E-state index contributed by atoms with van der Waals surface area (Å²) in [5.74, 6) is -0.917. The Balaban J connectivity index is 4.38. The lowest BCUT2D eigenvalue weighted by atomic mass is 10.1. The Morgan fingerprint density at radius 1 is 0.296 bits per heavy atom. The fourth-order valence-electron chi connectivity index (χ4n) is 8.08. The van der Waals surface area contributed by atoms with Crippen LogP contribution >= 0.6 is 0 Å². The molecule has 406 valence electrons. The van der Waals surface area contributed by atoms with Gasteiger partial charge in [-0.1, -0.05) is 234 Å². The highest BCUT2D eigenvalue weighted by Gasteiger charge is 2.19. The summed E-state index contributed by atoms with van der Waals surface area (Å²) in [5.41, 5.74) is 0. The first-order chi connectivity index (χ1) is 35.0. The number of hydrogen-bond donors (Lipinski definition) is 0. The van der Waals surface area contributed by atoms with Gasteiger partial charge in [-0.3, -0.25) is 14.4 Å². The van der Waals surface area contributed by atoms with Gasteiger partial charge in [0.2, 0.25) is 0 Å². The predicted molar refractivity (Wildman–Crippen MR) is 307 cm³/mol. The quantitative estimate of drug-likeness (QED) is 0.0261. The Labute approximate surface area is 438 Å². The maximum atomic E-state index is 12.8. The molecule has 0 aromatic rings. The highest BCUT2D eigenvalue weighted by Crippen LogP contribution is 2.14. The zero-order chi connectivity index (χ0) is 51.4. The number of esters is 3. The molecule has 0 aromatic heterocycles. The minimum absolute atomic E-state index is 0.0897. The van der Waals surface area contributed by atoms with E-state index in [0.717, 1.165) is 128 Å². The number of allylic oxidation sites excluding steroid dienone is 16. The minimum atomic E-state index is -0.792. The van der Waals surface area contributed by atoms with Gasteiger partial charge in [-0.15, -0.1) is 0 Å². The average molecular weight is 988 g/mol. The molecule has 0 saturated heterocycles. The van der Waals surface area contributed by atoms with Gasteiger partial charge in [-0.05, 0) is 122 Å². The summed E-state index contributed by atoms with van der Waals surface area (Å²) in [6.45, 7) is 6.49. The van der Waals surface area contributed by atoms with Crippen LogP contribution in [0.4, 0.5) is 0 Å². The maximum absolute atomic E-state index is 12.8. The van der Waals surface area contributed by atoms with Crippen LogP contribution in [0.5, 0.6) is 0 Å². The van der Waals surface area contributed by atoms with Crippen LogP contribution in [0, 0.1) is 0 Å². The third-order valence-electron chi connectivity index (χ3n) is 12.5. The van der Waals surface area contributed by atoms with Gasteiger partial charge >= 0.3 is 17.9 Å². The van der Waals surface area contributed by atoms with E-state index in [2.05, 4.69) is 118 Å². The molecule has 0 aliphatic rings. The Kier molecular flexibility index (Phi) is 55.9. The van der Waals surface area contributed by atoms with E-state index < -0.39 is 6.10 Å². The fraction of sp³-hybridized carbons (Fsp3) is 0.708.